The van der Waals surface area contributed by atoms with Gasteiger partial charge in [-0.05, 0) is 0 Å². The van der Waals surface area contributed by atoms with Crippen LogP contribution in [0.25, 0.3) is 0 Å². The average Bonchev–Trinajstić information content (AvgIpc) is 1.91. The smallest absolute Gasteiger partial charge is 0 e. The number of rotatable bonds is 0. The van der Waals surface area contributed by atoms with Gasteiger partial charge in [-0.1, -0.05) is 6.92 Å². The molecular formula is C7H11F2Zr-. The Labute approximate surface area is 79.2 Å². The van der Waals surface area contributed by atoms with Crippen molar-refractivity contribution in [2.24, 2.45) is 0 Å². The molecule has 10 heavy (non-hydrogen) atoms. The second-order valence-corrected chi connectivity index (χ2v) is 1.89. The summed E-state index contributed by atoms with van der Waals surface area (Å²) in [4.78, 5) is 0. The van der Waals surface area contributed by atoms with Crippen LogP contribution >= 0.6 is 0 Å². The van der Waals surface area contributed by atoms with Crippen LogP contribution in [-0.2, 0) is 26.2 Å². The van der Waals surface area contributed by atoms with E-state index in [-0.39, 0.29) is 35.6 Å². The third-order valence-electron chi connectivity index (χ3n) is 1.37. The Kier molecular flexibility index (Phi) is 12.2. The van der Waals surface area contributed by atoms with Crippen molar-refractivity contribution in [1.82, 2.24) is 0 Å². The van der Waals surface area contributed by atoms with Crippen LogP contribution in [0.4, 0.5) is 9.41 Å². The molecule has 3 heteroatoms. The largest absolute Gasteiger partial charge is 0.270 e. The second kappa shape index (κ2) is 7.33. The second-order valence-electron chi connectivity index (χ2n) is 1.89. The van der Waals surface area contributed by atoms with Gasteiger partial charge in [-0.2, -0.15) is 6.08 Å². The summed E-state index contributed by atoms with van der Waals surface area (Å²) in [7, 11) is 0. The summed E-state index contributed by atoms with van der Waals surface area (Å²) in [5.41, 5.74) is 2.71. The van der Waals surface area contributed by atoms with E-state index in [1.54, 1.807) is 0 Å². The molecule has 1 rings (SSSR count). The Morgan fingerprint density at radius 2 is 1.80 bits per heavy atom. The van der Waals surface area contributed by atoms with Gasteiger partial charge in [0.2, 0.25) is 0 Å². The maximum atomic E-state index is 3.19. The zero-order valence-corrected chi connectivity index (χ0v) is 8.56. The third-order valence-corrected chi connectivity index (χ3v) is 1.37. The molecule has 1 aliphatic carbocycles. The van der Waals surface area contributed by atoms with Crippen molar-refractivity contribution in [2.45, 2.75) is 20.3 Å². The van der Waals surface area contributed by atoms with Gasteiger partial charge in [-0.25, -0.2) is 11.1 Å². The Balaban J connectivity index is -0.000000163. The van der Waals surface area contributed by atoms with Crippen molar-refractivity contribution in [3.8, 4) is 0 Å². The topological polar surface area (TPSA) is 0 Å². The maximum Gasteiger partial charge on any atom is 0 e. The summed E-state index contributed by atoms with van der Waals surface area (Å²) in [6, 6.07) is 0. The molecule has 0 aliphatic heterocycles. The van der Waals surface area contributed by atoms with E-state index in [1.807, 2.05) is 0 Å². The SMILES string of the molecule is CC1=[C-]CC=C1C.F.F.[Zr]. The first-order chi connectivity index (χ1) is 3.30. The van der Waals surface area contributed by atoms with Crippen LogP contribution in [0.1, 0.15) is 20.3 Å². The molecule has 0 fully saturated rings. The number of hydrogen-bond acceptors (Lipinski definition) is 0. The predicted molar refractivity (Wildman–Crippen MR) is 35.8 cm³/mol. The normalized spacial score (nSPS) is 13.4. The third kappa shape index (κ3) is 4.11. The van der Waals surface area contributed by atoms with Gasteiger partial charge in [-0.15, -0.1) is 13.3 Å². The fourth-order valence-electron chi connectivity index (χ4n) is 0.650. The molecule has 1 aliphatic rings. The predicted octanol–water partition coefficient (Wildman–Crippen LogP) is 2.39. The van der Waals surface area contributed by atoms with Gasteiger partial charge in [0.1, 0.15) is 0 Å². The van der Waals surface area contributed by atoms with Gasteiger partial charge in [0.15, 0.2) is 0 Å². The average molecular weight is 224 g/mol. The molecule has 0 amide bonds. The van der Waals surface area contributed by atoms with E-state index >= 15 is 0 Å². The quantitative estimate of drug-likeness (QED) is 0.554. The minimum atomic E-state index is 0. The molecule has 0 aromatic rings. The molecule has 0 saturated carbocycles. The zero-order chi connectivity index (χ0) is 5.28. The molecule has 0 unspecified atom stereocenters. The first-order valence-electron chi connectivity index (χ1n) is 2.55. The molecule has 0 saturated heterocycles. The number of halogens is 2. The Hall–Kier alpha value is 0.223. The standard InChI is InChI=1S/C7H9.2FH.Zr/c1-6-4-3-5-7(6)2;;;/h4H,3H2,1-2H3;2*1H;/q-1;;;. The van der Waals surface area contributed by atoms with Gasteiger partial charge < -0.3 is 0 Å². The minimum Gasteiger partial charge on any atom is -0.270 e. The van der Waals surface area contributed by atoms with E-state index in [4.69, 9.17) is 0 Å². The van der Waals surface area contributed by atoms with Crippen molar-refractivity contribution in [3.05, 3.63) is 23.3 Å². The van der Waals surface area contributed by atoms with Crippen LogP contribution in [0, 0.1) is 6.08 Å². The number of allylic oxidation sites excluding steroid dienone is 4. The van der Waals surface area contributed by atoms with E-state index in [1.165, 1.54) is 11.1 Å². The molecule has 58 valence electrons. The van der Waals surface area contributed by atoms with Crippen molar-refractivity contribution in [1.29, 1.82) is 0 Å². The van der Waals surface area contributed by atoms with Gasteiger partial charge in [0, 0.05) is 26.2 Å². The zero-order valence-electron chi connectivity index (χ0n) is 6.10. The summed E-state index contributed by atoms with van der Waals surface area (Å²) >= 11 is 0. The number of hydrogen-bond donors (Lipinski definition) is 0. The van der Waals surface area contributed by atoms with E-state index < -0.39 is 0 Å². The monoisotopic (exact) mass is 223 g/mol. The fraction of sp³-hybridized carbons (Fsp3) is 0.429. The molecule has 0 bridgehead atoms. The van der Waals surface area contributed by atoms with Crippen molar-refractivity contribution in [2.75, 3.05) is 0 Å². The molecular weight excluding hydrogens is 213 g/mol. The molecule has 0 N–H and O–H groups in total. The maximum absolute atomic E-state index is 3.19. The molecule has 0 atom stereocenters. The summed E-state index contributed by atoms with van der Waals surface area (Å²) in [5, 5.41) is 0. The van der Waals surface area contributed by atoms with Crippen molar-refractivity contribution >= 4 is 0 Å². The molecule has 0 spiro atoms. The molecule has 0 aromatic carbocycles. The fourth-order valence-corrected chi connectivity index (χ4v) is 0.650. The Morgan fingerprint density at radius 1 is 1.30 bits per heavy atom. The van der Waals surface area contributed by atoms with Gasteiger partial charge in [-0.3, -0.25) is 15.5 Å². The molecule has 0 radical (unpaired) electrons. The Bertz CT molecular complexity index is 123. The molecule has 0 heterocycles. The van der Waals surface area contributed by atoms with Crippen LogP contribution in [0.15, 0.2) is 17.2 Å². The molecule has 0 aromatic heterocycles. The van der Waals surface area contributed by atoms with Crippen LogP contribution in [-0.4, -0.2) is 0 Å². The first kappa shape index (κ1) is 16.7. The molecule has 0 nitrogen and oxygen atoms in total. The van der Waals surface area contributed by atoms with Gasteiger partial charge in [0.05, 0.1) is 0 Å². The van der Waals surface area contributed by atoms with E-state index in [0.717, 1.165) is 6.42 Å². The van der Waals surface area contributed by atoms with Gasteiger partial charge in [0.25, 0.3) is 0 Å². The van der Waals surface area contributed by atoms with Gasteiger partial charge >= 0.3 is 0 Å². The Morgan fingerprint density at radius 3 is 1.90 bits per heavy atom. The minimum absolute atomic E-state index is 0. The summed E-state index contributed by atoms with van der Waals surface area (Å²) in [6.07, 6.45) is 6.41. The van der Waals surface area contributed by atoms with Crippen LogP contribution in [0.2, 0.25) is 0 Å². The van der Waals surface area contributed by atoms with E-state index in [0.29, 0.717) is 0 Å². The van der Waals surface area contributed by atoms with E-state index in [2.05, 4.69) is 26.0 Å². The summed E-state index contributed by atoms with van der Waals surface area (Å²) in [5.74, 6) is 0. The van der Waals surface area contributed by atoms with Crippen LogP contribution < -0.4 is 0 Å². The van der Waals surface area contributed by atoms with Crippen molar-refractivity contribution < 1.29 is 35.6 Å². The van der Waals surface area contributed by atoms with Crippen LogP contribution in [0.3, 0.4) is 0 Å². The first-order valence-corrected chi connectivity index (χ1v) is 2.55. The van der Waals surface area contributed by atoms with Crippen LogP contribution in [0.5, 0.6) is 0 Å². The van der Waals surface area contributed by atoms with E-state index in [9.17, 15) is 0 Å². The summed E-state index contributed by atoms with van der Waals surface area (Å²) in [6.45, 7) is 4.22. The van der Waals surface area contributed by atoms with Crippen molar-refractivity contribution in [3.63, 3.8) is 0 Å². The summed E-state index contributed by atoms with van der Waals surface area (Å²) < 4.78 is 0.